The molecular formula is C20H38N4O3. The van der Waals surface area contributed by atoms with E-state index in [1.54, 1.807) is 14.0 Å². The second-order valence-electron chi connectivity index (χ2n) is 7.59. The quantitative estimate of drug-likeness (QED) is 0.502. The van der Waals surface area contributed by atoms with E-state index in [1.807, 2.05) is 18.7 Å². The van der Waals surface area contributed by atoms with Gasteiger partial charge in [-0.2, -0.15) is 0 Å². The van der Waals surface area contributed by atoms with Crippen LogP contribution in [0.4, 0.5) is 0 Å². The zero-order chi connectivity index (χ0) is 20.2. The third-order valence-electron chi connectivity index (χ3n) is 5.18. The van der Waals surface area contributed by atoms with Crippen molar-refractivity contribution in [1.29, 1.82) is 0 Å². The van der Waals surface area contributed by atoms with Crippen molar-refractivity contribution in [3.05, 3.63) is 0 Å². The standard InChI is InChI=1S/C20H38N4O3/c1-5-11-24(12-6-2)18(25)13-15(3)19(26)23-17(20(27)21-4)14-16-7-9-22-10-8-16/h15-17,22H,5-14H2,1-4H3,(H,21,27)(H,23,26). The summed E-state index contributed by atoms with van der Waals surface area (Å²) < 4.78 is 0. The van der Waals surface area contributed by atoms with Gasteiger partial charge in [-0.25, -0.2) is 0 Å². The van der Waals surface area contributed by atoms with Crippen LogP contribution in [-0.2, 0) is 14.4 Å². The number of nitrogens with zero attached hydrogens (tertiary/aromatic N) is 1. The Hall–Kier alpha value is -1.63. The van der Waals surface area contributed by atoms with E-state index >= 15 is 0 Å². The van der Waals surface area contributed by atoms with Crippen LogP contribution in [0.2, 0.25) is 0 Å². The van der Waals surface area contributed by atoms with Gasteiger partial charge in [0.05, 0.1) is 0 Å². The molecule has 1 fully saturated rings. The molecule has 0 aliphatic carbocycles. The Labute approximate surface area is 164 Å². The van der Waals surface area contributed by atoms with Crippen LogP contribution >= 0.6 is 0 Å². The molecule has 0 aromatic rings. The van der Waals surface area contributed by atoms with E-state index in [1.165, 1.54) is 0 Å². The predicted molar refractivity (Wildman–Crippen MR) is 107 cm³/mol. The van der Waals surface area contributed by atoms with Crippen molar-refractivity contribution < 1.29 is 14.4 Å². The van der Waals surface area contributed by atoms with Crippen LogP contribution in [0.25, 0.3) is 0 Å². The molecule has 0 aromatic carbocycles. The highest BCUT2D eigenvalue weighted by atomic mass is 16.2. The number of hydrogen-bond acceptors (Lipinski definition) is 4. The summed E-state index contributed by atoms with van der Waals surface area (Å²) in [5.74, 6) is -0.404. The molecule has 1 aliphatic rings. The van der Waals surface area contributed by atoms with Crippen LogP contribution in [-0.4, -0.2) is 61.9 Å². The molecule has 0 saturated carbocycles. The summed E-state index contributed by atoms with van der Waals surface area (Å²) in [4.78, 5) is 39.2. The molecule has 7 nitrogen and oxygen atoms in total. The van der Waals surface area contributed by atoms with Crippen molar-refractivity contribution >= 4 is 17.7 Å². The molecular weight excluding hydrogens is 344 g/mol. The third kappa shape index (κ3) is 8.28. The number of amides is 3. The van der Waals surface area contributed by atoms with Crippen molar-refractivity contribution in [3.8, 4) is 0 Å². The Morgan fingerprint density at radius 1 is 1.07 bits per heavy atom. The highest BCUT2D eigenvalue weighted by molar-refractivity contribution is 5.90. The van der Waals surface area contributed by atoms with Gasteiger partial charge in [0, 0.05) is 32.5 Å². The Morgan fingerprint density at radius 2 is 1.67 bits per heavy atom. The van der Waals surface area contributed by atoms with E-state index < -0.39 is 12.0 Å². The Bertz CT molecular complexity index is 472. The first kappa shape index (κ1) is 23.4. The van der Waals surface area contributed by atoms with Crippen molar-refractivity contribution in [3.63, 3.8) is 0 Å². The molecule has 3 amide bonds. The van der Waals surface area contributed by atoms with Gasteiger partial charge in [-0.1, -0.05) is 20.8 Å². The van der Waals surface area contributed by atoms with E-state index in [4.69, 9.17) is 0 Å². The highest BCUT2D eigenvalue weighted by Gasteiger charge is 2.28. The van der Waals surface area contributed by atoms with Crippen molar-refractivity contribution in [2.24, 2.45) is 11.8 Å². The summed E-state index contributed by atoms with van der Waals surface area (Å²) in [6.07, 6.45) is 4.66. The summed E-state index contributed by atoms with van der Waals surface area (Å²) in [6, 6.07) is -0.537. The van der Waals surface area contributed by atoms with Crippen LogP contribution < -0.4 is 16.0 Å². The second-order valence-corrected chi connectivity index (χ2v) is 7.59. The maximum absolute atomic E-state index is 12.6. The van der Waals surface area contributed by atoms with E-state index in [0.29, 0.717) is 12.3 Å². The summed E-state index contributed by atoms with van der Waals surface area (Å²) in [5.41, 5.74) is 0. The molecule has 7 heteroatoms. The second kappa shape index (κ2) is 12.7. The molecule has 0 spiro atoms. The SMILES string of the molecule is CCCN(CCC)C(=O)CC(C)C(=O)NC(CC1CCNCC1)C(=O)NC. The molecule has 0 aromatic heterocycles. The Morgan fingerprint density at radius 3 is 2.19 bits per heavy atom. The van der Waals surface area contributed by atoms with E-state index in [0.717, 1.165) is 51.9 Å². The predicted octanol–water partition coefficient (Wildman–Crippen LogP) is 1.28. The maximum atomic E-state index is 12.6. The smallest absolute Gasteiger partial charge is 0.242 e. The number of rotatable bonds is 11. The van der Waals surface area contributed by atoms with Gasteiger partial charge in [0.2, 0.25) is 17.7 Å². The Balaban J connectivity index is 2.61. The van der Waals surface area contributed by atoms with Gasteiger partial charge < -0.3 is 20.9 Å². The van der Waals surface area contributed by atoms with Crippen LogP contribution in [0.3, 0.4) is 0 Å². The van der Waals surface area contributed by atoms with Gasteiger partial charge in [-0.15, -0.1) is 0 Å². The highest BCUT2D eigenvalue weighted by Crippen LogP contribution is 2.18. The molecule has 1 aliphatic heterocycles. The van der Waals surface area contributed by atoms with Gasteiger partial charge in [0.25, 0.3) is 0 Å². The number of piperidine rings is 1. The molecule has 27 heavy (non-hydrogen) atoms. The number of carbonyl (C=O) groups excluding carboxylic acids is 3. The van der Waals surface area contributed by atoms with E-state index in [2.05, 4.69) is 16.0 Å². The fourth-order valence-electron chi connectivity index (χ4n) is 3.56. The van der Waals surface area contributed by atoms with Crippen LogP contribution in [0.5, 0.6) is 0 Å². The monoisotopic (exact) mass is 382 g/mol. The first-order valence-electron chi connectivity index (χ1n) is 10.4. The topological polar surface area (TPSA) is 90.5 Å². The lowest BCUT2D eigenvalue weighted by atomic mass is 9.90. The zero-order valence-corrected chi connectivity index (χ0v) is 17.5. The molecule has 156 valence electrons. The van der Waals surface area contributed by atoms with Crippen LogP contribution in [0.15, 0.2) is 0 Å². The molecule has 1 rings (SSSR count). The minimum atomic E-state index is -0.537. The number of nitrogens with one attached hydrogen (secondary N) is 3. The summed E-state index contributed by atoms with van der Waals surface area (Å²) in [6.45, 7) is 9.19. The molecule has 0 radical (unpaired) electrons. The van der Waals surface area contributed by atoms with E-state index in [-0.39, 0.29) is 24.1 Å². The largest absolute Gasteiger partial charge is 0.357 e. The maximum Gasteiger partial charge on any atom is 0.242 e. The van der Waals surface area contributed by atoms with Crippen molar-refractivity contribution in [2.75, 3.05) is 33.2 Å². The van der Waals surface area contributed by atoms with Gasteiger partial charge in [-0.3, -0.25) is 14.4 Å². The number of hydrogen-bond donors (Lipinski definition) is 3. The number of carbonyl (C=O) groups is 3. The molecule has 1 saturated heterocycles. The molecule has 0 bridgehead atoms. The molecule has 2 unspecified atom stereocenters. The van der Waals surface area contributed by atoms with Gasteiger partial charge in [0.15, 0.2) is 0 Å². The first-order chi connectivity index (χ1) is 12.9. The van der Waals surface area contributed by atoms with Gasteiger partial charge in [-0.05, 0) is 51.1 Å². The summed E-state index contributed by atoms with van der Waals surface area (Å²) in [7, 11) is 1.59. The molecule has 1 heterocycles. The lowest BCUT2D eigenvalue weighted by Crippen LogP contribution is -2.49. The fourth-order valence-corrected chi connectivity index (χ4v) is 3.56. The molecule has 3 N–H and O–H groups in total. The van der Waals surface area contributed by atoms with Gasteiger partial charge in [0.1, 0.15) is 6.04 Å². The van der Waals surface area contributed by atoms with Crippen LogP contribution in [0, 0.1) is 11.8 Å². The average molecular weight is 383 g/mol. The number of likely N-dealkylation sites (N-methyl/N-ethyl adjacent to an activating group) is 1. The minimum Gasteiger partial charge on any atom is -0.357 e. The molecule has 2 atom stereocenters. The third-order valence-corrected chi connectivity index (χ3v) is 5.18. The Kier molecular flexibility index (Phi) is 11.0. The summed E-state index contributed by atoms with van der Waals surface area (Å²) >= 11 is 0. The average Bonchev–Trinajstić information content (AvgIpc) is 2.67. The fraction of sp³-hybridized carbons (Fsp3) is 0.850. The van der Waals surface area contributed by atoms with Crippen LogP contribution in [0.1, 0.15) is 59.3 Å². The normalized spacial score (nSPS) is 17.0. The lowest BCUT2D eigenvalue weighted by Gasteiger charge is -2.28. The van der Waals surface area contributed by atoms with Crippen molar-refractivity contribution in [1.82, 2.24) is 20.9 Å². The minimum absolute atomic E-state index is 0.0104. The summed E-state index contributed by atoms with van der Waals surface area (Å²) in [5, 5.41) is 8.84. The first-order valence-corrected chi connectivity index (χ1v) is 10.4. The van der Waals surface area contributed by atoms with Crippen molar-refractivity contribution in [2.45, 2.75) is 65.3 Å². The lowest BCUT2D eigenvalue weighted by molar-refractivity contribution is -0.137. The zero-order valence-electron chi connectivity index (χ0n) is 17.5. The van der Waals surface area contributed by atoms with E-state index in [9.17, 15) is 14.4 Å². The van der Waals surface area contributed by atoms with Gasteiger partial charge >= 0.3 is 0 Å².